The summed E-state index contributed by atoms with van der Waals surface area (Å²) in [6.45, 7) is 0.00362. The molecule has 0 fully saturated rings. The Morgan fingerprint density at radius 2 is 2.31 bits per heavy atom. The molecule has 0 aromatic heterocycles. The van der Waals surface area contributed by atoms with E-state index in [1.54, 1.807) is 12.2 Å². The molecule has 0 radical (unpaired) electrons. The monoisotopic (exact) mass is 248 g/mol. The van der Waals surface area contributed by atoms with Crippen molar-refractivity contribution in [3.05, 3.63) is 23.6 Å². The quantitative estimate of drug-likeness (QED) is 0.582. The Hall–Kier alpha value is -1.05. The second kappa shape index (κ2) is 5.33. The molecular formula is C9H16N2O4S. The summed E-state index contributed by atoms with van der Waals surface area (Å²) in [6, 6.07) is -0.494. The van der Waals surface area contributed by atoms with Gasteiger partial charge in [0, 0.05) is 12.1 Å². The van der Waals surface area contributed by atoms with E-state index in [1.807, 2.05) is 0 Å². The number of aliphatic hydroxyl groups is 1. The Morgan fingerprint density at radius 3 is 2.88 bits per heavy atom. The van der Waals surface area contributed by atoms with Crippen molar-refractivity contribution in [1.29, 1.82) is 0 Å². The molecule has 1 unspecified atom stereocenters. The third kappa shape index (κ3) is 4.21. The van der Waals surface area contributed by atoms with Crippen molar-refractivity contribution in [2.45, 2.75) is 12.5 Å². The topological polar surface area (TPSA) is 102 Å². The van der Waals surface area contributed by atoms with Gasteiger partial charge in [0.2, 0.25) is 10.0 Å². The van der Waals surface area contributed by atoms with E-state index < -0.39 is 16.1 Å². The lowest BCUT2D eigenvalue weighted by Crippen LogP contribution is -2.38. The van der Waals surface area contributed by atoms with Gasteiger partial charge in [-0.1, -0.05) is 0 Å². The zero-order valence-corrected chi connectivity index (χ0v) is 9.83. The highest BCUT2D eigenvalue weighted by Crippen LogP contribution is 2.17. The van der Waals surface area contributed by atoms with Gasteiger partial charge in [0.15, 0.2) is 0 Å². The third-order valence-corrected chi connectivity index (χ3v) is 2.67. The zero-order valence-electron chi connectivity index (χ0n) is 9.01. The molecule has 1 rings (SSSR count). The van der Waals surface area contributed by atoms with Crippen LogP contribution in [0.25, 0.3) is 0 Å². The lowest BCUT2D eigenvalue weighted by atomic mass is 10.1. The standard InChI is InChI=1S/C9H16N2O4S/c1-16(13,14)11-8-6-7(10)2-3-9(8)15-5-4-12/h2-3,8,11-12H,4-6,10H2,1H3. The molecule has 0 saturated heterocycles. The van der Waals surface area contributed by atoms with Crippen LogP contribution in [0.1, 0.15) is 6.42 Å². The van der Waals surface area contributed by atoms with Crippen molar-refractivity contribution in [3.8, 4) is 0 Å². The highest BCUT2D eigenvalue weighted by atomic mass is 32.2. The Bertz CT molecular complexity index is 400. The molecule has 7 heteroatoms. The lowest BCUT2D eigenvalue weighted by Gasteiger charge is -2.23. The van der Waals surface area contributed by atoms with E-state index in [0.717, 1.165) is 6.26 Å². The normalized spacial score (nSPS) is 21.2. The number of sulfonamides is 1. The zero-order chi connectivity index (χ0) is 12.2. The summed E-state index contributed by atoms with van der Waals surface area (Å²) in [7, 11) is -3.32. The minimum Gasteiger partial charge on any atom is -0.494 e. The van der Waals surface area contributed by atoms with E-state index in [1.165, 1.54) is 0 Å². The van der Waals surface area contributed by atoms with E-state index in [9.17, 15) is 8.42 Å². The summed E-state index contributed by atoms with van der Waals surface area (Å²) in [5.74, 6) is 0.466. The average molecular weight is 248 g/mol. The van der Waals surface area contributed by atoms with E-state index >= 15 is 0 Å². The fourth-order valence-electron chi connectivity index (χ4n) is 1.38. The molecule has 16 heavy (non-hydrogen) atoms. The number of nitrogens with two attached hydrogens (primary N) is 1. The summed E-state index contributed by atoms with van der Waals surface area (Å²) >= 11 is 0. The molecule has 1 aliphatic rings. The van der Waals surface area contributed by atoms with Crippen molar-refractivity contribution in [3.63, 3.8) is 0 Å². The fourth-order valence-corrected chi connectivity index (χ4v) is 2.10. The van der Waals surface area contributed by atoms with Gasteiger partial charge in [-0.2, -0.15) is 0 Å². The molecule has 0 heterocycles. The van der Waals surface area contributed by atoms with Crippen LogP contribution >= 0.6 is 0 Å². The first-order valence-corrected chi connectivity index (χ1v) is 6.68. The third-order valence-electron chi connectivity index (χ3n) is 1.96. The van der Waals surface area contributed by atoms with Crippen LogP contribution in [0.4, 0.5) is 0 Å². The Labute approximate surface area is 94.8 Å². The maximum absolute atomic E-state index is 11.1. The Balaban J connectivity index is 2.74. The molecule has 0 amide bonds. The second-order valence-electron chi connectivity index (χ2n) is 3.53. The molecule has 0 aliphatic heterocycles. The minimum atomic E-state index is -3.32. The van der Waals surface area contributed by atoms with E-state index in [0.29, 0.717) is 17.9 Å². The molecule has 0 aromatic rings. The van der Waals surface area contributed by atoms with Crippen LogP contribution in [0, 0.1) is 0 Å². The lowest BCUT2D eigenvalue weighted by molar-refractivity contribution is 0.132. The second-order valence-corrected chi connectivity index (χ2v) is 5.31. The number of nitrogens with one attached hydrogen (secondary N) is 1. The van der Waals surface area contributed by atoms with Crippen molar-refractivity contribution < 1.29 is 18.3 Å². The summed E-state index contributed by atoms with van der Waals surface area (Å²) in [5.41, 5.74) is 6.19. The SMILES string of the molecule is CS(=O)(=O)NC1CC(N)=CC=C1OCCO. The Kier molecular flexibility index (Phi) is 4.34. The number of allylic oxidation sites excluding steroid dienone is 2. The maximum atomic E-state index is 11.1. The van der Waals surface area contributed by atoms with Gasteiger partial charge in [-0.3, -0.25) is 0 Å². The van der Waals surface area contributed by atoms with E-state index in [-0.39, 0.29) is 13.2 Å². The molecule has 0 saturated carbocycles. The Morgan fingerprint density at radius 1 is 1.62 bits per heavy atom. The van der Waals surface area contributed by atoms with Crippen LogP contribution in [0.2, 0.25) is 0 Å². The van der Waals surface area contributed by atoms with E-state index in [4.69, 9.17) is 15.6 Å². The number of hydrogen-bond acceptors (Lipinski definition) is 5. The van der Waals surface area contributed by atoms with Crippen molar-refractivity contribution in [2.75, 3.05) is 19.5 Å². The molecule has 0 bridgehead atoms. The maximum Gasteiger partial charge on any atom is 0.209 e. The first-order chi connectivity index (χ1) is 7.42. The highest BCUT2D eigenvalue weighted by Gasteiger charge is 2.22. The van der Waals surface area contributed by atoms with Crippen LogP contribution < -0.4 is 10.5 Å². The van der Waals surface area contributed by atoms with Gasteiger partial charge in [-0.15, -0.1) is 0 Å². The molecule has 0 aromatic carbocycles. The highest BCUT2D eigenvalue weighted by molar-refractivity contribution is 7.88. The van der Waals surface area contributed by atoms with Crippen LogP contribution in [-0.2, 0) is 14.8 Å². The molecule has 4 N–H and O–H groups in total. The van der Waals surface area contributed by atoms with Crippen LogP contribution in [0.5, 0.6) is 0 Å². The van der Waals surface area contributed by atoms with Gasteiger partial charge < -0.3 is 15.6 Å². The van der Waals surface area contributed by atoms with Crippen molar-refractivity contribution in [1.82, 2.24) is 4.72 Å². The predicted molar refractivity (Wildman–Crippen MR) is 59.8 cm³/mol. The van der Waals surface area contributed by atoms with E-state index in [2.05, 4.69) is 4.72 Å². The van der Waals surface area contributed by atoms with Gasteiger partial charge in [0.05, 0.1) is 18.9 Å². The van der Waals surface area contributed by atoms with Gasteiger partial charge in [-0.25, -0.2) is 13.1 Å². The predicted octanol–water partition coefficient (Wildman–Crippen LogP) is -0.957. The summed E-state index contributed by atoms with van der Waals surface area (Å²) in [4.78, 5) is 0. The fraction of sp³-hybridized carbons (Fsp3) is 0.556. The van der Waals surface area contributed by atoms with Gasteiger partial charge >= 0.3 is 0 Å². The van der Waals surface area contributed by atoms with Crippen LogP contribution in [0.3, 0.4) is 0 Å². The van der Waals surface area contributed by atoms with Crippen LogP contribution in [0.15, 0.2) is 23.6 Å². The smallest absolute Gasteiger partial charge is 0.209 e. The number of ether oxygens (including phenoxy) is 1. The molecular weight excluding hydrogens is 232 g/mol. The summed E-state index contributed by atoms with van der Waals surface area (Å²) in [5, 5.41) is 8.64. The molecule has 6 nitrogen and oxygen atoms in total. The molecule has 92 valence electrons. The first-order valence-electron chi connectivity index (χ1n) is 4.79. The van der Waals surface area contributed by atoms with Crippen molar-refractivity contribution >= 4 is 10.0 Å². The largest absolute Gasteiger partial charge is 0.494 e. The minimum absolute atomic E-state index is 0.123. The van der Waals surface area contributed by atoms with Gasteiger partial charge in [0.1, 0.15) is 12.4 Å². The summed E-state index contributed by atoms with van der Waals surface area (Å²) in [6.07, 6.45) is 4.71. The van der Waals surface area contributed by atoms with Crippen LogP contribution in [-0.4, -0.2) is 39.0 Å². The molecule has 0 spiro atoms. The molecule has 1 aliphatic carbocycles. The molecule has 1 atom stereocenters. The number of aliphatic hydroxyl groups excluding tert-OH is 1. The number of rotatable bonds is 5. The average Bonchev–Trinajstić information content (AvgIpc) is 2.14. The first kappa shape index (κ1) is 13.0. The van der Waals surface area contributed by atoms with Gasteiger partial charge in [0.25, 0.3) is 0 Å². The summed E-state index contributed by atoms with van der Waals surface area (Å²) < 4.78 is 29.9. The van der Waals surface area contributed by atoms with Gasteiger partial charge in [-0.05, 0) is 12.2 Å². The van der Waals surface area contributed by atoms with Crippen molar-refractivity contribution in [2.24, 2.45) is 5.73 Å². The number of hydrogen-bond donors (Lipinski definition) is 3.